The van der Waals surface area contributed by atoms with Gasteiger partial charge in [-0.05, 0) is 47.8 Å². The number of halogens is 6. The van der Waals surface area contributed by atoms with Crippen molar-refractivity contribution in [1.29, 1.82) is 0 Å². The van der Waals surface area contributed by atoms with Crippen LogP contribution in [-0.2, 0) is 22.4 Å². The summed E-state index contributed by atoms with van der Waals surface area (Å²) in [7, 11) is -4.18. The number of ether oxygens (including phenoxy) is 1. The lowest BCUT2D eigenvalue weighted by atomic mass is 10.1. The highest BCUT2D eigenvalue weighted by Crippen LogP contribution is 2.41. The molecule has 0 spiro atoms. The van der Waals surface area contributed by atoms with E-state index in [9.17, 15) is 49.8 Å². The maximum Gasteiger partial charge on any atom is 0.416 e. The molecule has 17 heteroatoms. The van der Waals surface area contributed by atoms with Crippen molar-refractivity contribution in [2.45, 2.75) is 16.6 Å². The average molecular weight is 662 g/mol. The summed E-state index contributed by atoms with van der Waals surface area (Å²) in [5.41, 5.74) is -3.36. The lowest BCUT2D eigenvalue weighted by molar-refractivity contribution is -0.143. The molecule has 5 N–H and O–H groups in total. The van der Waals surface area contributed by atoms with Crippen LogP contribution in [0.15, 0.2) is 76.3 Å². The summed E-state index contributed by atoms with van der Waals surface area (Å²) in [4.78, 5) is 12.2. The topological polar surface area (TPSA) is 137 Å². The van der Waals surface area contributed by atoms with Crippen LogP contribution in [0.3, 0.4) is 0 Å². The highest BCUT2D eigenvalue weighted by Gasteiger charge is 2.37. The molecule has 2 amide bonds. The Balaban J connectivity index is 1.41. The van der Waals surface area contributed by atoms with Crippen LogP contribution < -0.4 is 20.1 Å². The van der Waals surface area contributed by atoms with Crippen molar-refractivity contribution in [3.8, 4) is 34.1 Å². The number of benzene rings is 3. The van der Waals surface area contributed by atoms with Gasteiger partial charge in [-0.25, -0.2) is 17.9 Å². The van der Waals surface area contributed by atoms with Gasteiger partial charge in [0.2, 0.25) is 0 Å². The molecular weight excluding hydrogens is 640 g/mol. The molecule has 0 saturated heterocycles. The monoisotopic (exact) mass is 661 g/mol. The van der Waals surface area contributed by atoms with Crippen molar-refractivity contribution in [2.24, 2.45) is 0 Å². The lowest BCUT2D eigenvalue weighted by Gasteiger charge is -2.15. The SMILES string of the molecule is O=C(NCCNS(=O)(=O)c1sccc1-c1ccccc1Oc1ccc(O)c(O)c1)Nc1cc(C(F)(F)F)cc(C(F)(F)F)c1. The normalized spacial score (nSPS) is 12.1. The second-order valence-electron chi connectivity index (χ2n) is 8.94. The number of rotatable bonds is 9. The summed E-state index contributed by atoms with van der Waals surface area (Å²) < 4.78 is 112. The Labute approximate surface area is 249 Å². The van der Waals surface area contributed by atoms with E-state index in [0.29, 0.717) is 17.7 Å². The Kier molecular flexibility index (Phi) is 9.31. The molecule has 0 atom stereocenters. The van der Waals surface area contributed by atoms with E-state index in [-0.39, 0.29) is 46.2 Å². The predicted molar refractivity (Wildman–Crippen MR) is 148 cm³/mol. The second-order valence-corrected chi connectivity index (χ2v) is 11.8. The first-order valence-electron chi connectivity index (χ1n) is 12.3. The highest BCUT2D eigenvalue weighted by atomic mass is 32.2. The first-order chi connectivity index (χ1) is 20.5. The van der Waals surface area contributed by atoms with Crippen LogP contribution in [-0.4, -0.2) is 37.8 Å². The maximum atomic E-state index is 13.1. The molecule has 0 aliphatic carbocycles. The minimum absolute atomic E-state index is 0.0839. The Hall–Kier alpha value is -4.48. The number of anilines is 1. The number of amides is 2. The zero-order valence-corrected chi connectivity index (χ0v) is 23.6. The molecule has 0 aliphatic rings. The highest BCUT2D eigenvalue weighted by molar-refractivity contribution is 7.91. The van der Waals surface area contributed by atoms with Gasteiger partial charge in [0, 0.05) is 36.0 Å². The summed E-state index contributed by atoms with van der Waals surface area (Å²) in [6.07, 6.45) is -10.2. The van der Waals surface area contributed by atoms with Gasteiger partial charge < -0.3 is 25.6 Å². The van der Waals surface area contributed by atoms with E-state index in [1.54, 1.807) is 24.3 Å². The summed E-state index contributed by atoms with van der Waals surface area (Å²) in [5.74, 6) is -0.393. The molecule has 9 nitrogen and oxygen atoms in total. The zero-order chi connectivity index (χ0) is 32.3. The van der Waals surface area contributed by atoms with Crippen LogP contribution in [0.4, 0.5) is 36.8 Å². The molecule has 0 saturated carbocycles. The van der Waals surface area contributed by atoms with Crippen LogP contribution >= 0.6 is 11.3 Å². The number of hydrogen-bond acceptors (Lipinski definition) is 7. The van der Waals surface area contributed by atoms with Crippen LogP contribution in [0, 0.1) is 0 Å². The van der Waals surface area contributed by atoms with Crippen LogP contribution in [0.1, 0.15) is 11.1 Å². The number of phenolic OH excluding ortho intramolecular Hbond substituents is 2. The lowest BCUT2D eigenvalue weighted by Crippen LogP contribution is -2.36. The molecule has 0 unspecified atom stereocenters. The van der Waals surface area contributed by atoms with Crippen LogP contribution in [0.5, 0.6) is 23.0 Å². The van der Waals surface area contributed by atoms with Gasteiger partial charge in [0.25, 0.3) is 10.0 Å². The summed E-state index contributed by atoms with van der Waals surface area (Å²) >= 11 is 0.881. The first-order valence-corrected chi connectivity index (χ1v) is 14.6. The molecule has 1 heterocycles. The van der Waals surface area contributed by atoms with Gasteiger partial charge >= 0.3 is 18.4 Å². The number of phenols is 2. The van der Waals surface area contributed by atoms with Crippen molar-refractivity contribution in [2.75, 3.05) is 18.4 Å². The number of hydrogen-bond donors (Lipinski definition) is 5. The fraction of sp³-hybridized carbons (Fsp3) is 0.148. The number of thiophene rings is 1. The van der Waals surface area contributed by atoms with Gasteiger partial charge in [-0.1, -0.05) is 18.2 Å². The number of sulfonamides is 1. The van der Waals surface area contributed by atoms with Crippen molar-refractivity contribution in [1.82, 2.24) is 10.0 Å². The van der Waals surface area contributed by atoms with Gasteiger partial charge in [0.15, 0.2) is 11.5 Å². The Bertz CT molecular complexity index is 1740. The van der Waals surface area contributed by atoms with E-state index in [4.69, 9.17) is 4.74 Å². The number of nitrogens with one attached hydrogen (secondary N) is 3. The van der Waals surface area contributed by atoms with Gasteiger partial charge in [-0.15, -0.1) is 11.3 Å². The van der Waals surface area contributed by atoms with Crippen LogP contribution in [0.25, 0.3) is 11.1 Å². The van der Waals surface area contributed by atoms with Crippen LogP contribution in [0.2, 0.25) is 0 Å². The molecule has 0 fully saturated rings. The average Bonchev–Trinajstić information content (AvgIpc) is 3.43. The molecule has 4 rings (SSSR count). The van der Waals surface area contributed by atoms with Crippen molar-refractivity contribution in [3.05, 3.63) is 83.2 Å². The number of carbonyl (C=O) groups is 1. The Morgan fingerprint density at radius 2 is 1.48 bits per heavy atom. The molecule has 1 aromatic heterocycles. The maximum absolute atomic E-state index is 13.1. The van der Waals surface area contributed by atoms with Crippen molar-refractivity contribution < 1.29 is 54.5 Å². The third-order valence-electron chi connectivity index (χ3n) is 5.77. The predicted octanol–water partition coefficient (Wildman–Crippen LogP) is 6.76. The molecule has 0 bridgehead atoms. The minimum Gasteiger partial charge on any atom is -0.504 e. The van der Waals surface area contributed by atoms with E-state index < -0.39 is 51.0 Å². The largest absolute Gasteiger partial charge is 0.504 e. The van der Waals surface area contributed by atoms with Gasteiger partial charge in [-0.3, -0.25) is 0 Å². The zero-order valence-electron chi connectivity index (χ0n) is 22.0. The van der Waals surface area contributed by atoms with Gasteiger partial charge in [0.1, 0.15) is 15.7 Å². The number of urea groups is 1. The van der Waals surface area contributed by atoms with E-state index in [1.165, 1.54) is 29.6 Å². The van der Waals surface area contributed by atoms with Gasteiger partial charge in [0.05, 0.1) is 11.1 Å². The van der Waals surface area contributed by atoms with Gasteiger partial charge in [-0.2, -0.15) is 26.3 Å². The van der Waals surface area contributed by atoms with E-state index in [0.717, 1.165) is 11.3 Å². The third-order valence-corrected chi connectivity index (χ3v) is 8.72. The molecule has 4 aromatic rings. The van der Waals surface area contributed by atoms with Crippen molar-refractivity contribution >= 4 is 33.1 Å². The molecule has 3 aromatic carbocycles. The molecule has 0 aliphatic heterocycles. The molecule has 234 valence electrons. The van der Waals surface area contributed by atoms with E-state index >= 15 is 0 Å². The molecule has 0 radical (unpaired) electrons. The first kappa shape index (κ1) is 32.4. The fourth-order valence-corrected chi connectivity index (χ4v) is 6.26. The standard InChI is InChI=1S/C27H21F6N3O6S2/c28-26(29,30)15-11-16(27(31,32)33)13-17(12-15)36-25(39)34-8-9-35-44(40,41)24-20(7-10-43-24)19-3-1-2-4-23(19)42-18-5-6-21(37)22(38)14-18/h1-7,10-14,35,37-38H,8-9H2,(H2,34,36,39). The van der Waals surface area contributed by atoms with Crippen molar-refractivity contribution in [3.63, 3.8) is 0 Å². The quantitative estimate of drug-likeness (QED) is 0.0765. The molecule has 44 heavy (non-hydrogen) atoms. The van der Waals surface area contributed by atoms with E-state index in [2.05, 4.69) is 10.0 Å². The Morgan fingerprint density at radius 3 is 2.11 bits per heavy atom. The Morgan fingerprint density at radius 1 is 0.818 bits per heavy atom. The smallest absolute Gasteiger partial charge is 0.416 e. The third kappa shape index (κ3) is 7.91. The minimum atomic E-state index is -5.10. The number of carbonyl (C=O) groups excluding carboxylic acids is 1. The second kappa shape index (κ2) is 12.6. The van der Waals surface area contributed by atoms with E-state index in [1.807, 2.05) is 5.32 Å². The molecular formula is C27H21F6N3O6S2. The summed E-state index contributed by atoms with van der Waals surface area (Å²) in [6.45, 7) is -0.755. The summed E-state index contributed by atoms with van der Waals surface area (Å²) in [5, 5.41) is 24.8. The number of alkyl halides is 6. The fourth-order valence-electron chi connectivity index (χ4n) is 3.80. The number of aromatic hydroxyl groups is 2. The summed E-state index contributed by atoms with van der Waals surface area (Å²) in [6, 6.07) is 11.2. The number of para-hydroxylation sites is 1.